The second-order valence-electron chi connectivity index (χ2n) is 2.52. The lowest BCUT2D eigenvalue weighted by Gasteiger charge is -2.12. The van der Waals surface area contributed by atoms with Crippen LogP contribution in [0, 0.1) is 0 Å². The third kappa shape index (κ3) is 2.41. The lowest BCUT2D eigenvalue weighted by Crippen LogP contribution is -2.41. The summed E-state index contributed by atoms with van der Waals surface area (Å²) in [6.07, 6.45) is 1.09. The van der Waals surface area contributed by atoms with E-state index < -0.39 is 11.8 Å². The summed E-state index contributed by atoms with van der Waals surface area (Å²) in [4.78, 5) is 29.5. The lowest BCUT2D eigenvalue weighted by atomic mass is 10.3. The third-order valence-electron chi connectivity index (χ3n) is 1.53. The second-order valence-corrected chi connectivity index (χ2v) is 3.24. The number of nitrogens with zero attached hydrogens (tertiary/aromatic N) is 3. The molecule has 80 valence electrons. The fourth-order valence-corrected chi connectivity index (χ4v) is 1.26. The number of carbonyl (C=O) groups is 2. The normalized spacial score (nSPS) is 9.87. The average Bonchev–Trinajstić information content (AvgIpc) is 2.15. The first-order chi connectivity index (χ1) is 6.95. The molecule has 0 saturated heterocycles. The van der Waals surface area contributed by atoms with Gasteiger partial charge in [0.15, 0.2) is 0 Å². The van der Waals surface area contributed by atoms with Gasteiger partial charge in [-0.2, -0.15) is 0 Å². The summed E-state index contributed by atoms with van der Waals surface area (Å²) in [6, 6.07) is 0. The predicted octanol–water partition coefficient (Wildman–Crippen LogP) is 0.646. The summed E-state index contributed by atoms with van der Waals surface area (Å²) in [6.45, 7) is 1.13. The van der Waals surface area contributed by atoms with Gasteiger partial charge in [-0.15, -0.1) is 0 Å². The number of hydrogen-bond donors (Lipinski definition) is 1. The fraction of sp³-hybridized carbons (Fsp3) is 0.143. The number of imide groups is 1. The van der Waals surface area contributed by atoms with Crippen molar-refractivity contribution in [2.45, 2.75) is 6.92 Å². The van der Waals surface area contributed by atoms with Gasteiger partial charge in [0.2, 0.25) is 5.91 Å². The van der Waals surface area contributed by atoms with E-state index in [2.05, 4.69) is 9.97 Å². The molecule has 1 heterocycles. The maximum Gasteiger partial charge on any atom is 0.281 e. The van der Waals surface area contributed by atoms with E-state index in [4.69, 9.17) is 29.0 Å². The molecule has 1 aromatic rings. The highest BCUT2D eigenvalue weighted by molar-refractivity contribution is 6.38. The van der Waals surface area contributed by atoms with Crippen LogP contribution in [-0.4, -0.2) is 26.8 Å². The van der Waals surface area contributed by atoms with Gasteiger partial charge in [0.25, 0.3) is 5.91 Å². The maximum absolute atomic E-state index is 11.6. The zero-order valence-corrected chi connectivity index (χ0v) is 9.08. The van der Waals surface area contributed by atoms with E-state index in [1.54, 1.807) is 0 Å². The number of rotatable bonds is 1. The molecule has 2 N–H and O–H groups in total. The predicted molar refractivity (Wildman–Crippen MR) is 53.1 cm³/mol. The van der Waals surface area contributed by atoms with Crippen LogP contribution < -0.4 is 5.84 Å². The van der Waals surface area contributed by atoms with Gasteiger partial charge in [0.05, 0.1) is 0 Å². The first-order valence-corrected chi connectivity index (χ1v) is 4.46. The van der Waals surface area contributed by atoms with E-state index in [1.165, 1.54) is 0 Å². The van der Waals surface area contributed by atoms with Crippen LogP contribution in [0.5, 0.6) is 0 Å². The average molecular weight is 249 g/mol. The van der Waals surface area contributed by atoms with Crippen molar-refractivity contribution in [1.29, 1.82) is 0 Å². The van der Waals surface area contributed by atoms with Gasteiger partial charge in [0.1, 0.15) is 22.2 Å². The van der Waals surface area contributed by atoms with E-state index in [0.717, 1.165) is 13.3 Å². The fourth-order valence-electron chi connectivity index (χ4n) is 0.784. The minimum absolute atomic E-state index is 0.156. The Hall–Kier alpha value is -1.24. The first kappa shape index (κ1) is 11.8. The highest BCUT2D eigenvalue weighted by Crippen LogP contribution is 2.20. The number of halogens is 2. The van der Waals surface area contributed by atoms with Gasteiger partial charge in [-0.25, -0.2) is 20.8 Å². The summed E-state index contributed by atoms with van der Waals surface area (Å²) < 4.78 is 0. The molecular formula is C7H6Cl2N4O2. The van der Waals surface area contributed by atoms with Crippen molar-refractivity contribution in [3.8, 4) is 0 Å². The molecule has 0 fully saturated rings. The maximum atomic E-state index is 11.6. The van der Waals surface area contributed by atoms with Gasteiger partial charge in [-0.3, -0.25) is 9.59 Å². The van der Waals surface area contributed by atoms with Crippen molar-refractivity contribution in [2.24, 2.45) is 5.84 Å². The van der Waals surface area contributed by atoms with Crippen molar-refractivity contribution in [1.82, 2.24) is 15.0 Å². The standard InChI is InChI=1S/C7H6Cl2N4O2/c1-3(14)13(10)7(15)4-5(8)11-2-12-6(4)9/h2H,10H2,1H3. The highest BCUT2D eigenvalue weighted by Gasteiger charge is 2.23. The van der Waals surface area contributed by atoms with Crippen LogP contribution in [0.4, 0.5) is 0 Å². The van der Waals surface area contributed by atoms with Gasteiger partial charge in [0, 0.05) is 6.92 Å². The van der Waals surface area contributed by atoms with Crippen molar-refractivity contribution in [3.63, 3.8) is 0 Å². The van der Waals surface area contributed by atoms with Crippen molar-refractivity contribution < 1.29 is 9.59 Å². The van der Waals surface area contributed by atoms with E-state index in [1.807, 2.05) is 0 Å². The number of carbonyl (C=O) groups excluding carboxylic acids is 2. The number of amides is 2. The zero-order valence-electron chi connectivity index (χ0n) is 7.57. The SMILES string of the molecule is CC(=O)N(N)C(=O)c1c(Cl)ncnc1Cl. The van der Waals surface area contributed by atoms with Crippen LogP contribution in [0.25, 0.3) is 0 Å². The molecule has 0 aliphatic rings. The largest absolute Gasteiger partial charge is 0.281 e. The molecule has 1 aromatic heterocycles. The van der Waals surface area contributed by atoms with Crippen LogP contribution in [0.1, 0.15) is 17.3 Å². The van der Waals surface area contributed by atoms with Gasteiger partial charge >= 0.3 is 0 Å². The Morgan fingerprint density at radius 2 is 1.80 bits per heavy atom. The molecule has 0 aliphatic carbocycles. The summed E-state index contributed by atoms with van der Waals surface area (Å²) in [5.41, 5.74) is -0.196. The Bertz CT molecular complexity index is 403. The number of hydrogen-bond acceptors (Lipinski definition) is 5. The van der Waals surface area contributed by atoms with Crippen LogP contribution in [0.2, 0.25) is 10.3 Å². The molecule has 0 aromatic carbocycles. The highest BCUT2D eigenvalue weighted by atomic mass is 35.5. The number of aromatic nitrogens is 2. The van der Waals surface area contributed by atoms with Crippen molar-refractivity contribution in [2.75, 3.05) is 0 Å². The zero-order chi connectivity index (χ0) is 11.6. The Morgan fingerprint density at radius 1 is 1.33 bits per heavy atom. The van der Waals surface area contributed by atoms with Crippen LogP contribution in [0.15, 0.2) is 6.33 Å². The molecule has 0 bridgehead atoms. The molecule has 0 radical (unpaired) electrons. The van der Waals surface area contributed by atoms with Crippen LogP contribution in [-0.2, 0) is 4.79 Å². The van der Waals surface area contributed by atoms with Crippen molar-refractivity contribution >= 4 is 35.0 Å². The van der Waals surface area contributed by atoms with Crippen LogP contribution in [0.3, 0.4) is 0 Å². The smallest absolute Gasteiger partial charge is 0.273 e. The molecule has 0 saturated carbocycles. The van der Waals surface area contributed by atoms with Gasteiger partial charge in [-0.05, 0) is 0 Å². The van der Waals surface area contributed by atoms with Gasteiger partial charge in [-0.1, -0.05) is 23.2 Å². The van der Waals surface area contributed by atoms with Gasteiger partial charge < -0.3 is 0 Å². The van der Waals surface area contributed by atoms with E-state index >= 15 is 0 Å². The van der Waals surface area contributed by atoms with E-state index in [9.17, 15) is 9.59 Å². The molecule has 0 aliphatic heterocycles. The molecule has 0 spiro atoms. The monoisotopic (exact) mass is 248 g/mol. The number of hydrazine groups is 1. The second kappa shape index (κ2) is 4.52. The summed E-state index contributed by atoms with van der Waals surface area (Å²) in [5.74, 6) is 3.70. The Labute approximate surface area is 95.0 Å². The summed E-state index contributed by atoms with van der Waals surface area (Å²) >= 11 is 11.2. The van der Waals surface area contributed by atoms with Crippen LogP contribution >= 0.6 is 23.2 Å². The lowest BCUT2D eigenvalue weighted by molar-refractivity contribution is -0.126. The molecular weight excluding hydrogens is 243 g/mol. The molecule has 2 amide bonds. The minimum atomic E-state index is -0.849. The summed E-state index contributed by atoms with van der Waals surface area (Å²) in [7, 11) is 0. The Morgan fingerprint density at radius 3 is 2.20 bits per heavy atom. The molecule has 8 heteroatoms. The van der Waals surface area contributed by atoms with E-state index in [-0.39, 0.29) is 15.9 Å². The Kier molecular flexibility index (Phi) is 3.57. The molecule has 0 atom stereocenters. The molecule has 1 rings (SSSR count). The van der Waals surface area contributed by atoms with E-state index in [0.29, 0.717) is 5.01 Å². The Balaban J connectivity index is 3.17. The van der Waals surface area contributed by atoms with Crippen molar-refractivity contribution in [3.05, 3.63) is 22.2 Å². The first-order valence-electron chi connectivity index (χ1n) is 3.71. The minimum Gasteiger partial charge on any atom is -0.273 e. The number of nitrogens with two attached hydrogens (primary N) is 1. The molecule has 15 heavy (non-hydrogen) atoms. The summed E-state index contributed by atoms with van der Waals surface area (Å²) in [5, 5.41) is 0.0737. The topological polar surface area (TPSA) is 89.2 Å². The quantitative estimate of drug-likeness (QED) is 0.341. The molecule has 6 nitrogen and oxygen atoms in total. The third-order valence-corrected chi connectivity index (χ3v) is 2.10. The molecule has 0 unspecified atom stereocenters.